The maximum Gasteiger partial charge on any atom is 0.255 e. The van der Waals surface area contributed by atoms with Crippen molar-refractivity contribution in [3.8, 4) is 0 Å². The van der Waals surface area contributed by atoms with Gasteiger partial charge in [-0.25, -0.2) is 17.5 Å². The molecule has 1 aliphatic rings. The van der Waals surface area contributed by atoms with E-state index in [1.165, 1.54) is 30.3 Å². The van der Waals surface area contributed by atoms with Gasteiger partial charge in [0.25, 0.3) is 5.91 Å². The Morgan fingerprint density at radius 3 is 2.58 bits per heavy atom. The molecule has 0 radical (unpaired) electrons. The van der Waals surface area contributed by atoms with Crippen molar-refractivity contribution in [1.82, 2.24) is 4.72 Å². The average Bonchev–Trinajstić information content (AvgIpc) is 3.30. The second kappa shape index (κ2) is 6.33. The first-order chi connectivity index (χ1) is 11.3. The van der Waals surface area contributed by atoms with E-state index in [0.717, 1.165) is 12.8 Å². The number of carbonyl (C=O) groups is 1. The van der Waals surface area contributed by atoms with Gasteiger partial charge in [0.1, 0.15) is 5.82 Å². The first-order valence-corrected chi connectivity index (χ1v) is 9.03. The minimum Gasteiger partial charge on any atom is -0.322 e. The van der Waals surface area contributed by atoms with Gasteiger partial charge in [0.05, 0.1) is 4.90 Å². The van der Waals surface area contributed by atoms with Gasteiger partial charge < -0.3 is 5.32 Å². The highest BCUT2D eigenvalue weighted by Gasteiger charge is 2.28. The smallest absolute Gasteiger partial charge is 0.255 e. The van der Waals surface area contributed by atoms with Crippen molar-refractivity contribution in [3.05, 3.63) is 59.4 Å². The van der Waals surface area contributed by atoms with Gasteiger partial charge in [-0.1, -0.05) is 12.1 Å². The van der Waals surface area contributed by atoms with E-state index < -0.39 is 21.7 Å². The van der Waals surface area contributed by atoms with Crippen molar-refractivity contribution in [2.24, 2.45) is 0 Å². The highest BCUT2D eigenvalue weighted by molar-refractivity contribution is 7.89. The van der Waals surface area contributed by atoms with Gasteiger partial charge in [-0.05, 0) is 55.7 Å². The molecule has 2 aromatic carbocycles. The fourth-order valence-electron chi connectivity index (χ4n) is 2.27. The summed E-state index contributed by atoms with van der Waals surface area (Å²) in [4.78, 5) is 12.5. The zero-order chi connectivity index (χ0) is 17.3. The normalized spacial score (nSPS) is 14.4. The number of rotatable bonds is 5. The summed E-state index contributed by atoms with van der Waals surface area (Å²) < 4.78 is 40.3. The molecule has 0 unspecified atom stereocenters. The first kappa shape index (κ1) is 16.6. The molecule has 7 heteroatoms. The lowest BCUT2D eigenvalue weighted by atomic mass is 10.1. The number of hydrogen-bond donors (Lipinski definition) is 2. The lowest BCUT2D eigenvalue weighted by Gasteiger charge is -2.11. The maximum absolute atomic E-state index is 13.2. The molecule has 126 valence electrons. The van der Waals surface area contributed by atoms with Gasteiger partial charge in [-0.2, -0.15) is 0 Å². The van der Waals surface area contributed by atoms with E-state index >= 15 is 0 Å². The Morgan fingerprint density at radius 2 is 1.92 bits per heavy atom. The molecule has 0 aromatic heterocycles. The molecule has 3 rings (SSSR count). The lowest BCUT2D eigenvalue weighted by Crippen LogP contribution is -2.26. The third-order valence-corrected chi connectivity index (χ3v) is 5.26. The predicted molar refractivity (Wildman–Crippen MR) is 88.9 cm³/mol. The fourth-order valence-corrected chi connectivity index (χ4v) is 3.60. The Hall–Kier alpha value is -2.25. The Morgan fingerprint density at radius 1 is 1.17 bits per heavy atom. The number of hydrogen-bond acceptors (Lipinski definition) is 3. The van der Waals surface area contributed by atoms with Gasteiger partial charge in [-0.15, -0.1) is 0 Å². The summed E-state index contributed by atoms with van der Waals surface area (Å²) in [7, 11) is -3.64. The van der Waals surface area contributed by atoms with Crippen molar-refractivity contribution in [1.29, 1.82) is 0 Å². The van der Waals surface area contributed by atoms with Crippen LogP contribution in [-0.2, 0) is 10.0 Å². The average molecular weight is 348 g/mol. The molecule has 1 saturated carbocycles. The van der Waals surface area contributed by atoms with Gasteiger partial charge in [-0.3, -0.25) is 4.79 Å². The van der Waals surface area contributed by atoms with Crippen molar-refractivity contribution >= 4 is 21.6 Å². The predicted octanol–water partition coefficient (Wildman–Crippen LogP) is 2.83. The highest BCUT2D eigenvalue weighted by atomic mass is 32.2. The van der Waals surface area contributed by atoms with Crippen LogP contribution in [0.5, 0.6) is 0 Å². The number of benzene rings is 2. The summed E-state index contributed by atoms with van der Waals surface area (Å²) in [5, 5.41) is 2.58. The molecule has 5 nitrogen and oxygen atoms in total. The minimum atomic E-state index is -3.64. The second-order valence-corrected chi connectivity index (χ2v) is 7.55. The standard InChI is InChI=1S/C17H17FN2O3S/c1-11-5-8-15(24(22,23)20-13-6-7-13)10-16(11)17(21)19-14-4-2-3-12(18)9-14/h2-5,8-10,13,20H,6-7H2,1H3,(H,19,21). The number of carbonyl (C=O) groups excluding carboxylic acids is 1. The fraction of sp³-hybridized carbons (Fsp3) is 0.235. The molecule has 0 aliphatic heterocycles. The molecule has 0 bridgehead atoms. The van der Waals surface area contributed by atoms with Crippen molar-refractivity contribution < 1.29 is 17.6 Å². The van der Waals surface area contributed by atoms with Crippen LogP contribution in [0.4, 0.5) is 10.1 Å². The third-order valence-electron chi connectivity index (χ3n) is 3.75. The largest absolute Gasteiger partial charge is 0.322 e. The molecule has 0 saturated heterocycles. The van der Waals surface area contributed by atoms with Crippen LogP contribution < -0.4 is 10.0 Å². The third kappa shape index (κ3) is 3.80. The quantitative estimate of drug-likeness (QED) is 0.872. The van der Waals surface area contributed by atoms with Gasteiger partial charge in [0.2, 0.25) is 10.0 Å². The molecule has 0 spiro atoms. The van der Waals surface area contributed by atoms with Crippen LogP contribution in [-0.4, -0.2) is 20.4 Å². The number of sulfonamides is 1. The summed E-state index contributed by atoms with van der Waals surface area (Å²) in [6, 6.07) is 9.90. The van der Waals surface area contributed by atoms with Crippen molar-refractivity contribution in [3.63, 3.8) is 0 Å². The molecular formula is C17H17FN2O3S. The van der Waals surface area contributed by atoms with Crippen LogP contribution >= 0.6 is 0 Å². The molecular weight excluding hydrogens is 331 g/mol. The van der Waals surface area contributed by atoms with Crippen LogP contribution in [0.3, 0.4) is 0 Å². The van der Waals surface area contributed by atoms with E-state index in [9.17, 15) is 17.6 Å². The highest BCUT2D eigenvalue weighted by Crippen LogP contribution is 2.23. The van der Waals surface area contributed by atoms with E-state index in [4.69, 9.17) is 0 Å². The molecule has 2 N–H and O–H groups in total. The van der Waals surface area contributed by atoms with E-state index in [1.54, 1.807) is 19.1 Å². The van der Waals surface area contributed by atoms with Crippen LogP contribution in [0, 0.1) is 12.7 Å². The maximum atomic E-state index is 13.2. The molecule has 2 aromatic rings. The van der Waals surface area contributed by atoms with E-state index in [2.05, 4.69) is 10.0 Å². The summed E-state index contributed by atoms with van der Waals surface area (Å²) in [5.41, 5.74) is 1.18. The molecule has 1 amide bonds. The van der Waals surface area contributed by atoms with Crippen molar-refractivity contribution in [2.45, 2.75) is 30.7 Å². The lowest BCUT2D eigenvalue weighted by molar-refractivity contribution is 0.102. The minimum absolute atomic E-state index is 0.0131. The second-order valence-electron chi connectivity index (χ2n) is 5.84. The Labute approximate surface area is 139 Å². The topological polar surface area (TPSA) is 75.3 Å². The number of amides is 1. The first-order valence-electron chi connectivity index (χ1n) is 7.55. The number of halogens is 1. The van der Waals surface area contributed by atoms with Gasteiger partial charge in [0.15, 0.2) is 0 Å². The van der Waals surface area contributed by atoms with E-state index in [1.807, 2.05) is 0 Å². The summed E-state index contributed by atoms with van der Waals surface area (Å²) in [5.74, 6) is -0.948. The Bertz CT molecular complexity index is 892. The molecule has 1 aliphatic carbocycles. The number of nitrogens with one attached hydrogen (secondary N) is 2. The molecule has 0 heterocycles. The number of aryl methyl sites for hydroxylation is 1. The van der Waals surface area contributed by atoms with Gasteiger partial charge >= 0.3 is 0 Å². The Balaban J connectivity index is 1.86. The molecule has 0 atom stereocenters. The Kier molecular flexibility index (Phi) is 4.38. The zero-order valence-corrected chi connectivity index (χ0v) is 13.9. The zero-order valence-electron chi connectivity index (χ0n) is 13.0. The number of anilines is 1. The van der Waals surface area contributed by atoms with Gasteiger partial charge in [0, 0.05) is 17.3 Å². The molecule has 1 fully saturated rings. The van der Waals surface area contributed by atoms with E-state index in [-0.39, 0.29) is 16.5 Å². The summed E-state index contributed by atoms with van der Waals surface area (Å²) in [6.07, 6.45) is 1.66. The van der Waals surface area contributed by atoms with Crippen LogP contribution in [0.15, 0.2) is 47.4 Å². The van der Waals surface area contributed by atoms with Crippen LogP contribution in [0.2, 0.25) is 0 Å². The molecule has 24 heavy (non-hydrogen) atoms. The monoisotopic (exact) mass is 348 g/mol. The summed E-state index contributed by atoms with van der Waals surface area (Å²) in [6.45, 7) is 1.71. The van der Waals surface area contributed by atoms with Crippen LogP contribution in [0.25, 0.3) is 0 Å². The summed E-state index contributed by atoms with van der Waals surface area (Å²) >= 11 is 0. The van der Waals surface area contributed by atoms with Crippen molar-refractivity contribution in [2.75, 3.05) is 5.32 Å². The van der Waals surface area contributed by atoms with Crippen LogP contribution in [0.1, 0.15) is 28.8 Å². The van der Waals surface area contributed by atoms with E-state index in [0.29, 0.717) is 11.3 Å². The SMILES string of the molecule is Cc1ccc(S(=O)(=O)NC2CC2)cc1C(=O)Nc1cccc(F)c1.